The number of nitrogens with one attached hydrogen (secondary N) is 2. The van der Waals surface area contributed by atoms with Crippen LogP contribution in [0.5, 0.6) is 0 Å². The van der Waals surface area contributed by atoms with E-state index >= 15 is 0 Å². The van der Waals surface area contributed by atoms with Crippen LogP contribution in [0.1, 0.15) is 80.7 Å². The number of amides is 1. The van der Waals surface area contributed by atoms with Gasteiger partial charge in [-0.1, -0.05) is 39.0 Å². The van der Waals surface area contributed by atoms with Crippen molar-refractivity contribution in [1.29, 1.82) is 0 Å². The van der Waals surface area contributed by atoms with Crippen molar-refractivity contribution in [3.05, 3.63) is 17.8 Å². The molecule has 0 radical (unpaired) electrons. The number of rotatable bonds is 9. The molecular formula is C16H27N3O2. The van der Waals surface area contributed by atoms with E-state index in [2.05, 4.69) is 22.5 Å². The number of aromatic nitrogens is 1. The lowest BCUT2D eigenvalue weighted by Gasteiger charge is -2.04. The lowest BCUT2D eigenvalue weighted by atomic mass is 10.1. The van der Waals surface area contributed by atoms with E-state index in [9.17, 15) is 4.79 Å². The summed E-state index contributed by atoms with van der Waals surface area (Å²) in [5, 5.41) is 6.23. The standard InChI is InChI=1S/C16H27N3O2/c1-2-3-4-5-6-7-10-18-15(20)14-12-21-16(19-14)13-9-8-11-17-13/h12-13,17H,2-11H2,1H3,(H,18,20)/t13-/m1/s1. The van der Waals surface area contributed by atoms with Gasteiger partial charge in [-0.05, 0) is 25.8 Å². The molecule has 5 heteroatoms. The van der Waals surface area contributed by atoms with Gasteiger partial charge in [-0.15, -0.1) is 0 Å². The molecule has 0 aliphatic carbocycles. The maximum atomic E-state index is 12.0. The van der Waals surface area contributed by atoms with Crippen LogP contribution in [0.25, 0.3) is 0 Å². The second kappa shape index (κ2) is 8.82. The SMILES string of the molecule is CCCCCCCCNC(=O)c1coc([C@H]2CCCN2)n1. The topological polar surface area (TPSA) is 67.2 Å². The molecule has 1 aliphatic heterocycles. The monoisotopic (exact) mass is 293 g/mol. The van der Waals surface area contributed by atoms with Crippen LogP contribution in [-0.4, -0.2) is 24.0 Å². The average molecular weight is 293 g/mol. The molecule has 0 saturated carbocycles. The quantitative estimate of drug-likeness (QED) is 0.686. The summed E-state index contributed by atoms with van der Waals surface area (Å²) in [5.41, 5.74) is 0.393. The van der Waals surface area contributed by atoms with E-state index in [1.807, 2.05) is 0 Å². The summed E-state index contributed by atoms with van der Waals surface area (Å²) in [7, 11) is 0. The summed E-state index contributed by atoms with van der Waals surface area (Å²) < 4.78 is 5.41. The predicted molar refractivity (Wildman–Crippen MR) is 82.2 cm³/mol. The highest BCUT2D eigenvalue weighted by Gasteiger charge is 2.22. The summed E-state index contributed by atoms with van der Waals surface area (Å²) >= 11 is 0. The lowest BCUT2D eigenvalue weighted by Crippen LogP contribution is -2.25. The molecule has 1 atom stereocenters. The number of oxazole rings is 1. The van der Waals surface area contributed by atoms with E-state index in [1.165, 1.54) is 38.4 Å². The molecule has 0 aromatic carbocycles. The van der Waals surface area contributed by atoms with Crippen LogP contribution in [0.3, 0.4) is 0 Å². The van der Waals surface area contributed by atoms with E-state index in [0.29, 0.717) is 11.6 Å². The zero-order chi connectivity index (χ0) is 14.9. The number of nitrogens with zero attached hydrogens (tertiary/aromatic N) is 1. The zero-order valence-electron chi connectivity index (χ0n) is 13.0. The Bertz CT molecular complexity index is 425. The third-order valence-electron chi connectivity index (χ3n) is 3.93. The third kappa shape index (κ3) is 5.16. The van der Waals surface area contributed by atoms with Gasteiger partial charge in [0.25, 0.3) is 5.91 Å². The molecule has 5 nitrogen and oxygen atoms in total. The predicted octanol–water partition coefficient (Wildman–Crippen LogP) is 3.19. The Morgan fingerprint density at radius 3 is 2.95 bits per heavy atom. The molecule has 1 fully saturated rings. The number of carbonyl (C=O) groups is 1. The normalized spacial score (nSPS) is 18.0. The van der Waals surface area contributed by atoms with Crippen molar-refractivity contribution >= 4 is 5.91 Å². The summed E-state index contributed by atoms with van der Waals surface area (Å²) in [6.45, 7) is 3.93. The van der Waals surface area contributed by atoms with Crippen molar-refractivity contribution in [2.75, 3.05) is 13.1 Å². The minimum atomic E-state index is -0.128. The second-order valence-corrected chi connectivity index (χ2v) is 5.74. The van der Waals surface area contributed by atoms with Crippen LogP contribution in [-0.2, 0) is 0 Å². The van der Waals surface area contributed by atoms with Crippen molar-refractivity contribution in [3.8, 4) is 0 Å². The molecule has 0 spiro atoms. The molecule has 1 aliphatic rings. The van der Waals surface area contributed by atoms with Crippen LogP contribution in [0, 0.1) is 0 Å². The summed E-state index contributed by atoms with van der Waals surface area (Å²) in [6.07, 6.45) is 11.0. The van der Waals surface area contributed by atoms with Crippen molar-refractivity contribution in [2.45, 2.75) is 64.3 Å². The minimum Gasteiger partial charge on any atom is -0.446 e. The number of unbranched alkanes of at least 4 members (excludes halogenated alkanes) is 5. The van der Waals surface area contributed by atoms with Crippen molar-refractivity contribution < 1.29 is 9.21 Å². The number of carbonyl (C=O) groups excluding carboxylic acids is 1. The van der Waals surface area contributed by atoms with Crippen molar-refractivity contribution in [3.63, 3.8) is 0 Å². The van der Waals surface area contributed by atoms with Gasteiger partial charge in [0, 0.05) is 6.54 Å². The zero-order valence-corrected chi connectivity index (χ0v) is 13.0. The fourth-order valence-corrected chi connectivity index (χ4v) is 2.65. The highest BCUT2D eigenvalue weighted by molar-refractivity contribution is 5.91. The Labute approximate surface area is 126 Å². The highest BCUT2D eigenvalue weighted by atomic mass is 16.3. The maximum absolute atomic E-state index is 12.0. The van der Waals surface area contributed by atoms with Crippen LogP contribution in [0.4, 0.5) is 0 Å². The molecule has 21 heavy (non-hydrogen) atoms. The van der Waals surface area contributed by atoms with Gasteiger partial charge in [-0.25, -0.2) is 4.98 Å². The molecule has 1 saturated heterocycles. The van der Waals surface area contributed by atoms with Crippen molar-refractivity contribution in [1.82, 2.24) is 15.6 Å². The Morgan fingerprint density at radius 1 is 1.38 bits per heavy atom. The van der Waals surface area contributed by atoms with Crippen LogP contribution < -0.4 is 10.6 Å². The Balaban J connectivity index is 1.64. The van der Waals surface area contributed by atoms with Gasteiger partial charge in [-0.3, -0.25) is 4.79 Å². The molecule has 118 valence electrons. The molecular weight excluding hydrogens is 266 g/mol. The fourth-order valence-electron chi connectivity index (χ4n) is 2.65. The molecule has 1 amide bonds. The molecule has 1 aromatic rings. The van der Waals surface area contributed by atoms with Gasteiger partial charge in [0.2, 0.25) is 5.89 Å². The first-order valence-corrected chi connectivity index (χ1v) is 8.28. The molecule has 0 unspecified atom stereocenters. The van der Waals surface area contributed by atoms with Gasteiger partial charge in [0.15, 0.2) is 5.69 Å². The van der Waals surface area contributed by atoms with Crippen LogP contribution >= 0.6 is 0 Å². The third-order valence-corrected chi connectivity index (χ3v) is 3.93. The summed E-state index contributed by atoms with van der Waals surface area (Å²) in [6, 6.07) is 0.171. The first-order chi connectivity index (χ1) is 10.3. The molecule has 2 rings (SSSR count). The van der Waals surface area contributed by atoms with E-state index < -0.39 is 0 Å². The number of hydrogen-bond acceptors (Lipinski definition) is 4. The van der Waals surface area contributed by atoms with E-state index in [1.54, 1.807) is 0 Å². The van der Waals surface area contributed by atoms with Gasteiger partial charge >= 0.3 is 0 Å². The molecule has 2 N–H and O–H groups in total. The van der Waals surface area contributed by atoms with Crippen LogP contribution in [0.15, 0.2) is 10.7 Å². The maximum Gasteiger partial charge on any atom is 0.273 e. The first-order valence-electron chi connectivity index (χ1n) is 8.28. The van der Waals surface area contributed by atoms with Crippen LogP contribution in [0.2, 0.25) is 0 Å². The van der Waals surface area contributed by atoms with E-state index in [0.717, 1.165) is 32.4 Å². The Hall–Kier alpha value is -1.36. The average Bonchev–Trinajstić information content (AvgIpc) is 3.16. The fraction of sp³-hybridized carbons (Fsp3) is 0.750. The summed E-state index contributed by atoms with van der Waals surface area (Å²) in [4.78, 5) is 16.2. The lowest BCUT2D eigenvalue weighted by molar-refractivity contribution is 0.0948. The highest BCUT2D eigenvalue weighted by Crippen LogP contribution is 2.22. The van der Waals surface area contributed by atoms with E-state index in [4.69, 9.17) is 4.42 Å². The van der Waals surface area contributed by atoms with E-state index in [-0.39, 0.29) is 11.9 Å². The van der Waals surface area contributed by atoms with Gasteiger partial charge in [0.1, 0.15) is 6.26 Å². The smallest absolute Gasteiger partial charge is 0.273 e. The Kier molecular flexibility index (Phi) is 6.73. The molecule has 2 heterocycles. The largest absolute Gasteiger partial charge is 0.446 e. The van der Waals surface area contributed by atoms with Gasteiger partial charge in [-0.2, -0.15) is 0 Å². The molecule has 0 bridgehead atoms. The summed E-state index contributed by atoms with van der Waals surface area (Å²) in [5.74, 6) is 0.508. The van der Waals surface area contributed by atoms with Crippen molar-refractivity contribution in [2.24, 2.45) is 0 Å². The first kappa shape index (κ1) is 16.0. The minimum absolute atomic E-state index is 0.128. The Morgan fingerprint density at radius 2 is 2.19 bits per heavy atom. The molecule has 1 aromatic heterocycles. The number of hydrogen-bond donors (Lipinski definition) is 2. The van der Waals surface area contributed by atoms with Gasteiger partial charge in [0.05, 0.1) is 6.04 Å². The van der Waals surface area contributed by atoms with Gasteiger partial charge < -0.3 is 15.1 Å². The second-order valence-electron chi connectivity index (χ2n) is 5.74.